The third kappa shape index (κ3) is 4.24. The van der Waals surface area contributed by atoms with Crippen molar-refractivity contribution in [2.24, 2.45) is 0 Å². The Balaban J connectivity index is 1.87. The third-order valence-corrected chi connectivity index (χ3v) is 2.71. The van der Waals surface area contributed by atoms with Crippen LogP contribution in [0.4, 0.5) is 0 Å². The number of amides is 1. The van der Waals surface area contributed by atoms with Crippen molar-refractivity contribution in [1.82, 2.24) is 10.3 Å². The van der Waals surface area contributed by atoms with Crippen molar-refractivity contribution in [3.8, 4) is 5.75 Å². The van der Waals surface area contributed by atoms with Gasteiger partial charge < -0.3 is 10.1 Å². The Morgan fingerprint density at radius 1 is 1.35 bits per heavy atom. The highest BCUT2D eigenvalue weighted by Crippen LogP contribution is 2.12. The Labute approximate surface area is 118 Å². The third-order valence-electron chi connectivity index (χ3n) is 2.71. The van der Waals surface area contributed by atoms with Gasteiger partial charge in [0.1, 0.15) is 5.75 Å². The molecule has 1 amide bonds. The van der Waals surface area contributed by atoms with E-state index in [1.165, 1.54) is 6.08 Å². The minimum Gasteiger partial charge on any atom is -0.497 e. The summed E-state index contributed by atoms with van der Waals surface area (Å²) in [7, 11) is 1.62. The minimum absolute atomic E-state index is 0.142. The van der Waals surface area contributed by atoms with Gasteiger partial charge in [0.2, 0.25) is 5.91 Å². The summed E-state index contributed by atoms with van der Waals surface area (Å²) >= 11 is 0. The van der Waals surface area contributed by atoms with Crippen LogP contribution in [0.5, 0.6) is 5.75 Å². The zero-order valence-corrected chi connectivity index (χ0v) is 11.2. The van der Waals surface area contributed by atoms with Crippen molar-refractivity contribution >= 4 is 12.0 Å². The van der Waals surface area contributed by atoms with E-state index in [1.54, 1.807) is 25.6 Å². The number of carbonyl (C=O) groups excluding carboxylic acids is 1. The number of methoxy groups -OCH3 is 1. The van der Waals surface area contributed by atoms with Crippen LogP contribution in [-0.4, -0.2) is 18.0 Å². The maximum Gasteiger partial charge on any atom is 0.244 e. The molecule has 1 N–H and O–H groups in total. The van der Waals surface area contributed by atoms with Gasteiger partial charge in [-0.3, -0.25) is 9.78 Å². The van der Waals surface area contributed by atoms with E-state index in [1.807, 2.05) is 36.4 Å². The highest BCUT2D eigenvalue weighted by Gasteiger charge is 1.98. The second-order valence-electron chi connectivity index (χ2n) is 4.19. The molecule has 20 heavy (non-hydrogen) atoms. The molecule has 0 saturated heterocycles. The number of rotatable bonds is 5. The van der Waals surface area contributed by atoms with Gasteiger partial charge in [-0.2, -0.15) is 0 Å². The topological polar surface area (TPSA) is 51.2 Å². The summed E-state index contributed by atoms with van der Waals surface area (Å²) in [6.45, 7) is 0.466. The van der Waals surface area contributed by atoms with Gasteiger partial charge in [-0.1, -0.05) is 18.2 Å². The number of nitrogens with zero attached hydrogens (tertiary/aromatic N) is 1. The summed E-state index contributed by atoms with van der Waals surface area (Å²) < 4.78 is 5.13. The molecule has 0 atom stereocenters. The van der Waals surface area contributed by atoms with E-state index in [2.05, 4.69) is 10.3 Å². The van der Waals surface area contributed by atoms with E-state index in [0.717, 1.165) is 16.9 Å². The number of benzene rings is 1. The largest absolute Gasteiger partial charge is 0.497 e. The summed E-state index contributed by atoms with van der Waals surface area (Å²) in [5.74, 6) is 0.638. The summed E-state index contributed by atoms with van der Waals surface area (Å²) in [5.41, 5.74) is 1.89. The van der Waals surface area contributed by atoms with Crippen molar-refractivity contribution < 1.29 is 9.53 Å². The lowest BCUT2D eigenvalue weighted by molar-refractivity contribution is -0.116. The summed E-state index contributed by atoms with van der Waals surface area (Å²) in [6.07, 6.45) is 6.62. The smallest absolute Gasteiger partial charge is 0.244 e. The van der Waals surface area contributed by atoms with Gasteiger partial charge in [0.05, 0.1) is 7.11 Å². The number of hydrogen-bond donors (Lipinski definition) is 1. The molecular weight excluding hydrogens is 252 g/mol. The molecule has 0 spiro atoms. The predicted molar refractivity (Wildman–Crippen MR) is 78.1 cm³/mol. The van der Waals surface area contributed by atoms with E-state index >= 15 is 0 Å². The molecule has 102 valence electrons. The molecule has 0 fully saturated rings. The first-order valence-electron chi connectivity index (χ1n) is 6.27. The van der Waals surface area contributed by atoms with E-state index < -0.39 is 0 Å². The molecule has 1 aromatic carbocycles. The molecule has 0 aliphatic heterocycles. The number of nitrogens with one attached hydrogen (secondary N) is 1. The van der Waals surface area contributed by atoms with Crippen molar-refractivity contribution in [2.75, 3.05) is 7.11 Å². The van der Waals surface area contributed by atoms with Crippen LogP contribution >= 0.6 is 0 Å². The number of hydrogen-bond acceptors (Lipinski definition) is 3. The van der Waals surface area contributed by atoms with E-state index in [9.17, 15) is 4.79 Å². The first-order chi connectivity index (χ1) is 9.78. The summed E-state index contributed by atoms with van der Waals surface area (Å²) in [5, 5.41) is 2.82. The van der Waals surface area contributed by atoms with Crippen LogP contribution in [0.3, 0.4) is 0 Å². The zero-order valence-electron chi connectivity index (χ0n) is 11.2. The second kappa shape index (κ2) is 7.09. The first-order valence-corrected chi connectivity index (χ1v) is 6.27. The fraction of sp³-hybridized carbons (Fsp3) is 0.125. The lowest BCUT2D eigenvalue weighted by atomic mass is 10.2. The van der Waals surface area contributed by atoms with Crippen LogP contribution in [-0.2, 0) is 11.3 Å². The highest BCUT2D eigenvalue weighted by atomic mass is 16.5. The molecule has 1 heterocycles. The molecule has 0 radical (unpaired) electrons. The maximum atomic E-state index is 11.7. The Bertz CT molecular complexity index is 594. The van der Waals surface area contributed by atoms with Crippen LogP contribution in [0.15, 0.2) is 54.9 Å². The van der Waals surface area contributed by atoms with Gasteiger partial charge in [-0.15, -0.1) is 0 Å². The van der Waals surface area contributed by atoms with Crippen molar-refractivity contribution in [1.29, 1.82) is 0 Å². The van der Waals surface area contributed by atoms with Gasteiger partial charge >= 0.3 is 0 Å². The minimum atomic E-state index is -0.142. The Morgan fingerprint density at radius 3 is 3.00 bits per heavy atom. The van der Waals surface area contributed by atoms with Crippen LogP contribution in [0, 0.1) is 0 Å². The zero-order chi connectivity index (χ0) is 14.2. The van der Waals surface area contributed by atoms with Crippen molar-refractivity contribution in [3.63, 3.8) is 0 Å². The van der Waals surface area contributed by atoms with E-state index in [0.29, 0.717) is 6.54 Å². The molecule has 0 aliphatic carbocycles. The standard InChI is InChI=1S/C16H16N2O2/c1-20-15-6-2-4-14(10-15)12-18-16(19)8-7-13-5-3-9-17-11-13/h2-11H,12H2,1H3,(H,18,19). The maximum absolute atomic E-state index is 11.7. The summed E-state index contributed by atoms with van der Waals surface area (Å²) in [6, 6.07) is 11.3. The van der Waals surface area contributed by atoms with Gasteiger partial charge in [-0.25, -0.2) is 0 Å². The van der Waals surface area contributed by atoms with Crippen LogP contribution < -0.4 is 10.1 Å². The van der Waals surface area contributed by atoms with Gasteiger partial charge in [0, 0.05) is 25.0 Å². The molecule has 0 saturated carbocycles. The molecule has 4 heteroatoms. The van der Waals surface area contributed by atoms with Crippen molar-refractivity contribution in [3.05, 3.63) is 66.0 Å². The molecule has 0 bridgehead atoms. The lowest BCUT2D eigenvalue weighted by Crippen LogP contribution is -2.20. The average molecular weight is 268 g/mol. The molecule has 2 rings (SSSR count). The normalized spacial score (nSPS) is 10.4. The van der Waals surface area contributed by atoms with Gasteiger partial charge in [-0.05, 0) is 35.4 Å². The number of ether oxygens (including phenoxy) is 1. The van der Waals surface area contributed by atoms with Crippen LogP contribution in [0.2, 0.25) is 0 Å². The van der Waals surface area contributed by atoms with E-state index in [-0.39, 0.29) is 5.91 Å². The molecule has 0 unspecified atom stereocenters. The summed E-state index contributed by atoms with van der Waals surface area (Å²) in [4.78, 5) is 15.7. The number of aromatic nitrogens is 1. The molecule has 2 aromatic rings. The Hall–Kier alpha value is -2.62. The van der Waals surface area contributed by atoms with Gasteiger partial charge in [0.25, 0.3) is 0 Å². The number of pyridine rings is 1. The van der Waals surface area contributed by atoms with E-state index in [4.69, 9.17) is 4.74 Å². The van der Waals surface area contributed by atoms with Gasteiger partial charge in [0.15, 0.2) is 0 Å². The fourth-order valence-corrected chi connectivity index (χ4v) is 1.68. The monoisotopic (exact) mass is 268 g/mol. The predicted octanol–water partition coefficient (Wildman–Crippen LogP) is 2.42. The first kappa shape index (κ1) is 13.8. The Morgan fingerprint density at radius 2 is 2.25 bits per heavy atom. The Kier molecular flexibility index (Phi) is 4.89. The highest BCUT2D eigenvalue weighted by molar-refractivity contribution is 5.91. The van der Waals surface area contributed by atoms with Crippen LogP contribution in [0.25, 0.3) is 6.08 Å². The molecule has 0 aliphatic rings. The SMILES string of the molecule is COc1cccc(CNC(=O)C=Cc2cccnc2)c1. The molecular formula is C16H16N2O2. The quantitative estimate of drug-likeness (QED) is 0.847. The van der Waals surface area contributed by atoms with Crippen molar-refractivity contribution in [2.45, 2.75) is 6.54 Å². The van der Waals surface area contributed by atoms with Crippen LogP contribution in [0.1, 0.15) is 11.1 Å². The average Bonchev–Trinajstić information content (AvgIpc) is 2.52. The lowest BCUT2D eigenvalue weighted by Gasteiger charge is -2.05. The second-order valence-corrected chi connectivity index (χ2v) is 4.19. The number of carbonyl (C=O) groups is 1. The molecule has 1 aromatic heterocycles. The molecule has 4 nitrogen and oxygen atoms in total. The fourth-order valence-electron chi connectivity index (χ4n) is 1.68.